The van der Waals surface area contributed by atoms with E-state index < -0.39 is 5.97 Å². The number of carbonyl (C=O) groups is 1. The van der Waals surface area contributed by atoms with Crippen LogP contribution < -0.4 is 11.3 Å². The summed E-state index contributed by atoms with van der Waals surface area (Å²) in [6.45, 7) is 0. The Kier molecular flexibility index (Phi) is 3.32. The number of carbonyl (C=O) groups excluding carboxylic acids is 1. The van der Waals surface area contributed by atoms with Crippen LogP contribution in [0.2, 0.25) is 0 Å². The zero-order valence-corrected chi connectivity index (χ0v) is 11.3. The fourth-order valence-electron chi connectivity index (χ4n) is 1.28. The predicted octanol–water partition coefficient (Wildman–Crippen LogP) is -0.0710. The third kappa shape index (κ3) is 2.08. The first-order valence-corrected chi connectivity index (χ1v) is 5.79. The van der Waals surface area contributed by atoms with Crippen LogP contribution in [0.25, 0.3) is 5.82 Å². The van der Waals surface area contributed by atoms with E-state index in [0.717, 1.165) is 0 Å². The van der Waals surface area contributed by atoms with Crippen LogP contribution in [-0.2, 0) is 4.74 Å². The highest BCUT2D eigenvalue weighted by atomic mass is 127. The number of ether oxygens (including phenoxy) is 1. The number of nitrogens with two attached hydrogens (primary N) is 1. The van der Waals surface area contributed by atoms with Gasteiger partial charge in [-0.3, -0.25) is 4.79 Å². The molecule has 0 fully saturated rings. The molecule has 0 saturated carbocycles. The van der Waals surface area contributed by atoms with E-state index in [2.05, 4.69) is 19.8 Å². The van der Waals surface area contributed by atoms with Gasteiger partial charge in [-0.25, -0.2) is 14.5 Å². The maximum absolute atomic E-state index is 11.4. The third-order valence-corrected chi connectivity index (χ3v) is 3.09. The number of rotatable bonds is 2. The zero-order chi connectivity index (χ0) is 13.3. The van der Waals surface area contributed by atoms with Gasteiger partial charge in [0.2, 0.25) is 0 Å². The molecule has 0 aromatic carbocycles. The summed E-state index contributed by atoms with van der Waals surface area (Å²) in [6.07, 6.45) is 2.64. The van der Waals surface area contributed by atoms with Gasteiger partial charge in [-0.05, 0) is 22.6 Å². The van der Waals surface area contributed by atoms with E-state index in [-0.39, 0.29) is 16.9 Å². The summed E-state index contributed by atoms with van der Waals surface area (Å²) in [6, 6.07) is 0. The van der Waals surface area contributed by atoms with Crippen molar-refractivity contribution in [1.82, 2.24) is 19.7 Å². The van der Waals surface area contributed by atoms with E-state index in [1.807, 2.05) is 22.6 Å². The molecule has 18 heavy (non-hydrogen) atoms. The van der Waals surface area contributed by atoms with Crippen LogP contribution in [0.15, 0.2) is 17.3 Å². The molecular weight excluding hydrogens is 353 g/mol. The Morgan fingerprint density at radius 1 is 1.61 bits per heavy atom. The van der Waals surface area contributed by atoms with Crippen LogP contribution in [0.4, 0.5) is 5.69 Å². The Hall–Kier alpha value is -1.91. The molecule has 0 unspecified atom stereocenters. The van der Waals surface area contributed by atoms with E-state index >= 15 is 0 Å². The summed E-state index contributed by atoms with van der Waals surface area (Å²) in [7, 11) is 1.23. The first-order valence-electron chi connectivity index (χ1n) is 4.71. The molecule has 0 bridgehead atoms. The minimum Gasteiger partial charge on any atom is -0.464 e. The highest BCUT2D eigenvalue weighted by Crippen LogP contribution is 2.15. The van der Waals surface area contributed by atoms with Crippen LogP contribution in [0.1, 0.15) is 10.5 Å². The summed E-state index contributed by atoms with van der Waals surface area (Å²) < 4.78 is 6.14. The quantitative estimate of drug-likeness (QED) is 0.572. The molecule has 9 heteroatoms. The van der Waals surface area contributed by atoms with Crippen LogP contribution >= 0.6 is 22.6 Å². The van der Waals surface area contributed by atoms with Gasteiger partial charge in [0.15, 0.2) is 11.5 Å². The molecule has 0 saturated heterocycles. The predicted molar refractivity (Wildman–Crippen MR) is 70.4 cm³/mol. The number of aromatic nitrogens is 4. The number of hydrogen-bond donors (Lipinski definition) is 2. The fourth-order valence-corrected chi connectivity index (χ4v) is 1.83. The highest BCUT2D eigenvalue weighted by Gasteiger charge is 2.18. The monoisotopic (exact) mass is 361 g/mol. The van der Waals surface area contributed by atoms with E-state index in [9.17, 15) is 9.59 Å². The zero-order valence-electron chi connectivity index (χ0n) is 9.18. The second kappa shape index (κ2) is 4.76. The summed E-state index contributed by atoms with van der Waals surface area (Å²) >= 11 is 1.83. The molecule has 0 spiro atoms. The van der Waals surface area contributed by atoms with Crippen molar-refractivity contribution in [3.8, 4) is 5.82 Å². The molecule has 0 amide bonds. The van der Waals surface area contributed by atoms with Gasteiger partial charge < -0.3 is 15.5 Å². The topological polar surface area (TPSA) is 116 Å². The van der Waals surface area contributed by atoms with Crippen LogP contribution in [-0.4, -0.2) is 32.8 Å². The number of nitrogens with one attached hydrogen (secondary N) is 1. The average molecular weight is 361 g/mol. The second-order valence-corrected chi connectivity index (χ2v) is 4.32. The van der Waals surface area contributed by atoms with Gasteiger partial charge in [0.1, 0.15) is 3.57 Å². The Balaban J connectivity index is 2.56. The van der Waals surface area contributed by atoms with Crippen LogP contribution in [0, 0.1) is 3.57 Å². The molecule has 2 heterocycles. The number of nitrogens with zero attached hydrogens (tertiary/aromatic N) is 3. The maximum atomic E-state index is 11.4. The molecular formula is C9H8IN5O3. The third-order valence-electron chi connectivity index (χ3n) is 2.12. The molecule has 3 N–H and O–H groups in total. The number of halogens is 1. The number of hydrogen-bond acceptors (Lipinski definition) is 6. The van der Waals surface area contributed by atoms with Gasteiger partial charge >= 0.3 is 5.97 Å². The molecule has 94 valence electrons. The summed E-state index contributed by atoms with van der Waals surface area (Å²) in [4.78, 5) is 29.2. The first-order chi connectivity index (χ1) is 8.54. The number of anilines is 1. The van der Waals surface area contributed by atoms with Crippen molar-refractivity contribution in [2.45, 2.75) is 0 Å². The minimum atomic E-state index is -0.647. The van der Waals surface area contributed by atoms with Gasteiger partial charge in [0.05, 0.1) is 25.3 Å². The highest BCUT2D eigenvalue weighted by molar-refractivity contribution is 14.1. The number of methoxy groups -OCH3 is 1. The normalized spacial score (nSPS) is 10.3. The van der Waals surface area contributed by atoms with Crippen molar-refractivity contribution in [1.29, 1.82) is 0 Å². The SMILES string of the molecule is COC(=O)c1nn(-c2nc[nH]c(=O)c2I)cc1N. The maximum Gasteiger partial charge on any atom is 0.360 e. The van der Waals surface area contributed by atoms with Gasteiger partial charge in [-0.1, -0.05) is 0 Å². The van der Waals surface area contributed by atoms with Crippen molar-refractivity contribution in [2.24, 2.45) is 0 Å². The van der Waals surface area contributed by atoms with Gasteiger partial charge in [-0.2, -0.15) is 5.10 Å². The smallest absolute Gasteiger partial charge is 0.360 e. The largest absolute Gasteiger partial charge is 0.464 e. The first kappa shape index (κ1) is 12.5. The summed E-state index contributed by atoms with van der Waals surface area (Å²) in [5.74, 6) is -0.354. The lowest BCUT2D eigenvalue weighted by atomic mass is 10.4. The van der Waals surface area contributed by atoms with E-state index in [1.165, 1.54) is 24.3 Å². The van der Waals surface area contributed by atoms with Crippen molar-refractivity contribution >= 4 is 34.2 Å². The minimum absolute atomic E-state index is 0.0182. The summed E-state index contributed by atoms with van der Waals surface area (Å²) in [5, 5.41) is 3.95. The lowest BCUT2D eigenvalue weighted by molar-refractivity contribution is 0.0594. The standard InChI is InChI=1S/C9H8IN5O3/c1-18-9(17)6-4(11)2-15(14-6)7-5(10)8(16)13-3-12-7/h2-3H,11H2,1H3,(H,12,13,16). The molecule has 0 aliphatic rings. The van der Waals surface area contributed by atoms with Crippen molar-refractivity contribution in [2.75, 3.05) is 12.8 Å². The van der Waals surface area contributed by atoms with Gasteiger partial charge in [0.25, 0.3) is 5.56 Å². The molecule has 2 rings (SSSR count). The number of nitrogen functional groups attached to an aromatic ring is 1. The second-order valence-electron chi connectivity index (χ2n) is 3.24. The Bertz CT molecular complexity index is 662. The molecule has 0 radical (unpaired) electrons. The Labute approximate surface area is 114 Å². The molecule has 8 nitrogen and oxygen atoms in total. The van der Waals surface area contributed by atoms with Crippen molar-refractivity contribution in [3.05, 3.63) is 32.1 Å². The Morgan fingerprint density at radius 3 is 3.00 bits per heavy atom. The van der Waals surface area contributed by atoms with E-state index in [4.69, 9.17) is 5.73 Å². The van der Waals surface area contributed by atoms with Crippen LogP contribution in [0.5, 0.6) is 0 Å². The summed E-state index contributed by atoms with van der Waals surface area (Å²) in [5.41, 5.74) is 5.48. The lowest BCUT2D eigenvalue weighted by Crippen LogP contribution is -2.15. The number of H-pyrrole nitrogens is 1. The van der Waals surface area contributed by atoms with Gasteiger partial charge in [-0.15, -0.1) is 0 Å². The van der Waals surface area contributed by atoms with Crippen LogP contribution in [0.3, 0.4) is 0 Å². The van der Waals surface area contributed by atoms with E-state index in [1.54, 1.807) is 0 Å². The molecule has 0 aliphatic heterocycles. The molecule has 2 aromatic rings. The fraction of sp³-hybridized carbons (Fsp3) is 0.111. The molecule has 0 aliphatic carbocycles. The Morgan fingerprint density at radius 2 is 2.33 bits per heavy atom. The number of aromatic amines is 1. The molecule has 2 aromatic heterocycles. The number of esters is 1. The molecule has 0 atom stereocenters. The van der Waals surface area contributed by atoms with Gasteiger partial charge in [0, 0.05) is 0 Å². The van der Waals surface area contributed by atoms with Crippen molar-refractivity contribution < 1.29 is 9.53 Å². The average Bonchev–Trinajstić information content (AvgIpc) is 2.73. The lowest BCUT2D eigenvalue weighted by Gasteiger charge is -2.00. The van der Waals surface area contributed by atoms with E-state index in [0.29, 0.717) is 9.39 Å². The van der Waals surface area contributed by atoms with Crippen molar-refractivity contribution in [3.63, 3.8) is 0 Å².